The number of ketones is 1. The highest BCUT2D eigenvalue weighted by Crippen LogP contribution is 2.29. The number of aromatic amines is 1. The summed E-state index contributed by atoms with van der Waals surface area (Å²) in [6.45, 7) is 0. The lowest BCUT2D eigenvalue weighted by atomic mass is 10.0. The van der Waals surface area contributed by atoms with Gasteiger partial charge in [-0.2, -0.15) is 0 Å². The predicted molar refractivity (Wildman–Crippen MR) is 73.2 cm³/mol. The summed E-state index contributed by atoms with van der Waals surface area (Å²) in [5.74, 6) is -0.642. The van der Waals surface area contributed by atoms with Crippen molar-refractivity contribution in [2.75, 3.05) is 0 Å². The van der Waals surface area contributed by atoms with Crippen LogP contribution in [0.2, 0.25) is 0 Å². The highest BCUT2D eigenvalue weighted by Gasteiger charge is 2.17. The minimum Gasteiger partial charge on any atom is -0.508 e. The van der Waals surface area contributed by atoms with Gasteiger partial charge in [-0.25, -0.2) is 0 Å². The highest BCUT2D eigenvalue weighted by molar-refractivity contribution is 6.17. The van der Waals surface area contributed by atoms with Crippen molar-refractivity contribution in [3.63, 3.8) is 0 Å². The molecule has 0 aliphatic heterocycles. The molecule has 0 saturated carbocycles. The van der Waals surface area contributed by atoms with Crippen LogP contribution in [-0.2, 0) is 0 Å². The topological polar surface area (TPSA) is 93.5 Å². The van der Waals surface area contributed by atoms with Crippen molar-refractivity contribution in [2.45, 2.75) is 0 Å². The van der Waals surface area contributed by atoms with Gasteiger partial charge in [0.05, 0.1) is 5.56 Å². The van der Waals surface area contributed by atoms with Gasteiger partial charge in [0, 0.05) is 34.8 Å². The third-order valence-corrected chi connectivity index (χ3v) is 3.14. The lowest BCUT2D eigenvalue weighted by Gasteiger charge is -2.03. The predicted octanol–water partition coefficient (Wildman–Crippen LogP) is 2.52. The number of aromatic nitrogens is 1. The maximum Gasteiger partial charge on any atom is 0.198 e. The molecule has 1 heterocycles. The van der Waals surface area contributed by atoms with E-state index in [-0.39, 0.29) is 28.6 Å². The highest BCUT2D eigenvalue weighted by atomic mass is 16.3. The number of hydrogen-bond donors (Lipinski definition) is 4. The first kappa shape index (κ1) is 12.1. The zero-order valence-corrected chi connectivity index (χ0v) is 10.3. The molecule has 3 aromatic rings. The van der Waals surface area contributed by atoms with Gasteiger partial charge in [-0.15, -0.1) is 0 Å². The minimum atomic E-state index is -0.362. The maximum atomic E-state index is 12.4. The molecule has 3 rings (SSSR count). The Kier molecular flexibility index (Phi) is 2.61. The van der Waals surface area contributed by atoms with E-state index in [0.717, 1.165) is 6.07 Å². The molecule has 0 atom stereocenters. The quantitative estimate of drug-likeness (QED) is 0.538. The van der Waals surface area contributed by atoms with Gasteiger partial charge in [0.25, 0.3) is 0 Å². The molecule has 1 aromatic heterocycles. The van der Waals surface area contributed by atoms with Crippen molar-refractivity contribution >= 4 is 16.7 Å². The summed E-state index contributed by atoms with van der Waals surface area (Å²) in [6, 6.07) is 8.46. The Hall–Kier alpha value is -2.95. The Morgan fingerprint density at radius 2 is 1.60 bits per heavy atom. The van der Waals surface area contributed by atoms with E-state index >= 15 is 0 Å². The third kappa shape index (κ3) is 1.85. The van der Waals surface area contributed by atoms with Crippen LogP contribution in [0, 0.1) is 0 Å². The second kappa shape index (κ2) is 4.31. The fourth-order valence-corrected chi connectivity index (χ4v) is 2.16. The Bertz CT molecular complexity index is 820. The monoisotopic (exact) mass is 269 g/mol. The SMILES string of the molecule is O=C(c1ccc(O)cc1O)c1c[nH]c2cc(O)ccc12. The molecular formula is C15H11NO4. The first-order valence-corrected chi connectivity index (χ1v) is 5.93. The summed E-state index contributed by atoms with van der Waals surface area (Å²) in [7, 11) is 0. The van der Waals surface area contributed by atoms with E-state index in [1.807, 2.05) is 0 Å². The van der Waals surface area contributed by atoms with E-state index in [0.29, 0.717) is 16.5 Å². The van der Waals surface area contributed by atoms with Gasteiger partial charge in [-0.3, -0.25) is 4.79 Å². The molecule has 0 aliphatic carbocycles. The number of nitrogens with one attached hydrogen (secondary N) is 1. The van der Waals surface area contributed by atoms with Crippen LogP contribution >= 0.6 is 0 Å². The van der Waals surface area contributed by atoms with E-state index in [1.54, 1.807) is 6.07 Å². The molecule has 0 aliphatic rings. The van der Waals surface area contributed by atoms with E-state index in [1.165, 1.54) is 30.5 Å². The van der Waals surface area contributed by atoms with Gasteiger partial charge < -0.3 is 20.3 Å². The van der Waals surface area contributed by atoms with Gasteiger partial charge >= 0.3 is 0 Å². The standard InChI is InChI=1S/C15H11NO4/c17-8-1-3-10-12(7-16-13(10)5-8)15(20)11-4-2-9(18)6-14(11)19/h1-7,16-19H. The lowest BCUT2D eigenvalue weighted by Crippen LogP contribution is -2.00. The van der Waals surface area contributed by atoms with Crippen molar-refractivity contribution in [1.29, 1.82) is 0 Å². The van der Waals surface area contributed by atoms with Gasteiger partial charge in [0.15, 0.2) is 5.78 Å². The number of H-pyrrole nitrogens is 1. The van der Waals surface area contributed by atoms with Crippen molar-refractivity contribution in [3.05, 3.63) is 53.7 Å². The summed E-state index contributed by atoms with van der Waals surface area (Å²) < 4.78 is 0. The van der Waals surface area contributed by atoms with Gasteiger partial charge in [-0.05, 0) is 24.3 Å². The smallest absolute Gasteiger partial charge is 0.198 e. The molecule has 20 heavy (non-hydrogen) atoms. The first-order valence-electron chi connectivity index (χ1n) is 5.93. The Balaban J connectivity index is 2.13. The molecule has 100 valence electrons. The lowest BCUT2D eigenvalue weighted by molar-refractivity contribution is 0.103. The van der Waals surface area contributed by atoms with Crippen molar-refractivity contribution in [2.24, 2.45) is 0 Å². The zero-order valence-electron chi connectivity index (χ0n) is 10.3. The fraction of sp³-hybridized carbons (Fsp3) is 0. The molecule has 5 nitrogen and oxygen atoms in total. The van der Waals surface area contributed by atoms with Crippen LogP contribution in [0.15, 0.2) is 42.6 Å². The summed E-state index contributed by atoms with van der Waals surface area (Å²) in [5, 5.41) is 29.0. The van der Waals surface area contributed by atoms with Crippen LogP contribution in [0.25, 0.3) is 10.9 Å². The van der Waals surface area contributed by atoms with Gasteiger partial charge in [-0.1, -0.05) is 0 Å². The third-order valence-electron chi connectivity index (χ3n) is 3.14. The molecule has 0 unspecified atom stereocenters. The zero-order chi connectivity index (χ0) is 14.3. The normalized spacial score (nSPS) is 10.8. The fourth-order valence-electron chi connectivity index (χ4n) is 2.16. The molecule has 0 fully saturated rings. The van der Waals surface area contributed by atoms with E-state index in [9.17, 15) is 20.1 Å². The van der Waals surface area contributed by atoms with E-state index in [4.69, 9.17) is 0 Å². The van der Waals surface area contributed by atoms with Crippen molar-refractivity contribution in [1.82, 2.24) is 4.98 Å². The number of rotatable bonds is 2. The maximum absolute atomic E-state index is 12.4. The van der Waals surface area contributed by atoms with Crippen LogP contribution in [0.3, 0.4) is 0 Å². The van der Waals surface area contributed by atoms with Crippen molar-refractivity contribution < 1.29 is 20.1 Å². The van der Waals surface area contributed by atoms with E-state index in [2.05, 4.69) is 4.98 Å². The molecule has 0 saturated heterocycles. The van der Waals surface area contributed by atoms with E-state index < -0.39 is 0 Å². The molecular weight excluding hydrogens is 258 g/mol. The molecule has 4 N–H and O–H groups in total. The number of carbonyl (C=O) groups excluding carboxylic acids is 1. The second-order valence-corrected chi connectivity index (χ2v) is 4.46. The van der Waals surface area contributed by atoms with Crippen LogP contribution in [0.5, 0.6) is 17.2 Å². The van der Waals surface area contributed by atoms with Crippen LogP contribution < -0.4 is 0 Å². The Morgan fingerprint density at radius 3 is 2.35 bits per heavy atom. The number of carbonyl (C=O) groups is 1. The molecule has 5 heteroatoms. The van der Waals surface area contributed by atoms with Crippen LogP contribution in [-0.4, -0.2) is 26.1 Å². The Morgan fingerprint density at radius 1 is 0.900 bits per heavy atom. The summed E-state index contributed by atoms with van der Waals surface area (Å²) in [5.41, 5.74) is 1.13. The average Bonchev–Trinajstić information content (AvgIpc) is 2.80. The number of phenolic OH excluding ortho intramolecular Hbond substituents is 3. The number of phenols is 3. The molecule has 0 amide bonds. The van der Waals surface area contributed by atoms with Gasteiger partial charge in [0.1, 0.15) is 17.2 Å². The molecule has 0 radical (unpaired) electrons. The van der Waals surface area contributed by atoms with Gasteiger partial charge in [0.2, 0.25) is 0 Å². The average molecular weight is 269 g/mol. The number of aromatic hydroxyl groups is 3. The molecule has 0 bridgehead atoms. The largest absolute Gasteiger partial charge is 0.508 e. The number of benzene rings is 2. The second-order valence-electron chi connectivity index (χ2n) is 4.46. The van der Waals surface area contributed by atoms with Crippen LogP contribution in [0.4, 0.5) is 0 Å². The summed E-state index contributed by atoms with van der Waals surface area (Å²) in [6.07, 6.45) is 1.53. The Labute approximate surface area is 113 Å². The number of fused-ring (bicyclic) bond motifs is 1. The minimum absolute atomic E-state index is 0.103. The number of hydrogen-bond acceptors (Lipinski definition) is 4. The summed E-state index contributed by atoms with van der Waals surface area (Å²) in [4.78, 5) is 15.3. The molecule has 0 spiro atoms. The first-order chi connectivity index (χ1) is 9.56. The molecule has 2 aromatic carbocycles. The summed E-state index contributed by atoms with van der Waals surface area (Å²) >= 11 is 0. The van der Waals surface area contributed by atoms with Crippen molar-refractivity contribution in [3.8, 4) is 17.2 Å². The van der Waals surface area contributed by atoms with Crippen LogP contribution in [0.1, 0.15) is 15.9 Å².